The van der Waals surface area contributed by atoms with Crippen molar-refractivity contribution in [3.63, 3.8) is 0 Å². The molecule has 1 rings (SSSR count). The zero-order valence-corrected chi connectivity index (χ0v) is 7.94. The molecule has 0 nitrogen and oxygen atoms in total. The van der Waals surface area contributed by atoms with E-state index in [1.807, 2.05) is 12.2 Å². The van der Waals surface area contributed by atoms with Crippen molar-refractivity contribution in [2.75, 3.05) is 0 Å². The summed E-state index contributed by atoms with van der Waals surface area (Å²) < 4.78 is 1.05. The summed E-state index contributed by atoms with van der Waals surface area (Å²) in [6.07, 6.45) is 9.30. The minimum atomic E-state index is 1.02. The van der Waals surface area contributed by atoms with Crippen molar-refractivity contribution in [2.24, 2.45) is 0 Å². The molecular weight excluding hydrogens is 244 g/mol. The second-order valence-corrected chi connectivity index (χ2v) is 4.43. The highest BCUT2D eigenvalue weighted by Gasteiger charge is 1.96. The first kappa shape index (κ1) is 7.29. The summed E-state index contributed by atoms with van der Waals surface area (Å²) in [5.74, 6) is 0. The van der Waals surface area contributed by atoms with Gasteiger partial charge in [-0.2, -0.15) is 0 Å². The van der Waals surface area contributed by atoms with Gasteiger partial charge in [-0.3, -0.25) is 0 Å². The Morgan fingerprint density at radius 3 is 2.44 bits per heavy atom. The van der Waals surface area contributed by atoms with Crippen LogP contribution in [-0.4, -0.2) is 0 Å². The number of rotatable bonds is 0. The van der Waals surface area contributed by atoms with E-state index in [1.165, 1.54) is 5.57 Å². The maximum Gasteiger partial charge on any atom is 0.0639 e. The minimum Gasteiger partial charge on any atom is -0.0801 e. The lowest BCUT2D eigenvalue weighted by molar-refractivity contribution is 1.27. The maximum atomic E-state index is 3.35. The fourth-order valence-electron chi connectivity index (χ4n) is 0.653. The van der Waals surface area contributed by atoms with E-state index in [0.717, 1.165) is 9.81 Å². The standard InChI is InChI=1S/C7H6Br2/c8-7(9)6-4-2-1-3-5-6/h1-4H,5H2. The summed E-state index contributed by atoms with van der Waals surface area (Å²) in [6.45, 7) is 0. The molecule has 48 valence electrons. The predicted molar refractivity (Wildman–Crippen MR) is 47.8 cm³/mol. The van der Waals surface area contributed by atoms with Crippen LogP contribution in [0.3, 0.4) is 0 Å². The molecule has 0 atom stereocenters. The van der Waals surface area contributed by atoms with Crippen LogP contribution in [0.4, 0.5) is 0 Å². The predicted octanol–water partition coefficient (Wildman–Crippen LogP) is 3.50. The van der Waals surface area contributed by atoms with Gasteiger partial charge in [0.25, 0.3) is 0 Å². The van der Waals surface area contributed by atoms with Gasteiger partial charge in [0.1, 0.15) is 0 Å². The largest absolute Gasteiger partial charge is 0.0801 e. The van der Waals surface area contributed by atoms with Crippen LogP contribution < -0.4 is 0 Å². The fraction of sp³-hybridized carbons (Fsp3) is 0.143. The summed E-state index contributed by atoms with van der Waals surface area (Å²) in [5.41, 5.74) is 1.29. The highest BCUT2D eigenvalue weighted by atomic mass is 79.9. The van der Waals surface area contributed by atoms with Gasteiger partial charge in [0, 0.05) is 0 Å². The number of halogens is 2. The molecule has 0 aromatic carbocycles. The first-order valence-electron chi connectivity index (χ1n) is 2.68. The molecule has 2 heteroatoms. The molecule has 0 aromatic rings. The van der Waals surface area contributed by atoms with Crippen LogP contribution in [-0.2, 0) is 0 Å². The molecule has 0 heterocycles. The molecule has 0 bridgehead atoms. The van der Waals surface area contributed by atoms with E-state index < -0.39 is 0 Å². The quantitative estimate of drug-likeness (QED) is 0.617. The van der Waals surface area contributed by atoms with Gasteiger partial charge in [0.05, 0.1) is 3.39 Å². The third-order valence-corrected chi connectivity index (χ3v) is 2.14. The third kappa shape index (κ3) is 2.11. The normalized spacial score (nSPS) is 16.4. The summed E-state index contributed by atoms with van der Waals surface area (Å²) in [6, 6.07) is 0. The SMILES string of the molecule is BrC(Br)=C1C=CC=CC1. The average Bonchev–Trinajstić information content (AvgIpc) is 1.90. The lowest BCUT2D eigenvalue weighted by atomic mass is 10.1. The molecule has 0 N–H and O–H groups in total. The van der Waals surface area contributed by atoms with E-state index in [4.69, 9.17) is 0 Å². The van der Waals surface area contributed by atoms with Crippen LogP contribution >= 0.6 is 31.9 Å². The first-order chi connectivity index (χ1) is 4.30. The van der Waals surface area contributed by atoms with Crippen molar-refractivity contribution in [1.29, 1.82) is 0 Å². The summed E-state index contributed by atoms with van der Waals surface area (Å²) in [7, 11) is 0. The highest BCUT2D eigenvalue weighted by Crippen LogP contribution is 2.24. The summed E-state index contributed by atoms with van der Waals surface area (Å²) in [4.78, 5) is 0. The first-order valence-corrected chi connectivity index (χ1v) is 4.26. The van der Waals surface area contributed by atoms with E-state index >= 15 is 0 Å². The number of hydrogen-bond donors (Lipinski definition) is 0. The van der Waals surface area contributed by atoms with Crippen LogP contribution in [0.2, 0.25) is 0 Å². The van der Waals surface area contributed by atoms with Gasteiger partial charge < -0.3 is 0 Å². The van der Waals surface area contributed by atoms with Gasteiger partial charge in [-0.25, -0.2) is 0 Å². The molecule has 0 fully saturated rings. The monoisotopic (exact) mass is 248 g/mol. The molecule has 0 saturated carbocycles. The van der Waals surface area contributed by atoms with Crippen LogP contribution in [0.5, 0.6) is 0 Å². The van der Waals surface area contributed by atoms with Crippen molar-refractivity contribution < 1.29 is 0 Å². The second-order valence-electron chi connectivity index (χ2n) is 1.78. The molecule has 0 saturated heterocycles. The average molecular weight is 250 g/mol. The van der Waals surface area contributed by atoms with Crippen molar-refractivity contribution in [3.05, 3.63) is 33.3 Å². The molecule has 9 heavy (non-hydrogen) atoms. The van der Waals surface area contributed by atoms with Gasteiger partial charge in [0.2, 0.25) is 0 Å². The summed E-state index contributed by atoms with van der Waals surface area (Å²) >= 11 is 6.69. The maximum absolute atomic E-state index is 3.35. The zero-order chi connectivity index (χ0) is 6.69. The van der Waals surface area contributed by atoms with Gasteiger partial charge in [-0.1, -0.05) is 24.3 Å². The Kier molecular flexibility index (Phi) is 2.73. The van der Waals surface area contributed by atoms with E-state index in [9.17, 15) is 0 Å². The molecular formula is C7H6Br2. The Morgan fingerprint density at radius 2 is 2.11 bits per heavy atom. The highest BCUT2D eigenvalue weighted by molar-refractivity contribution is 9.28. The molecule has 0 amide bonds. The Balaban J connectivity index is 2.78. The van der Waals surface area contributed by atoms with Crippen LogP contribution in [0, 0.1) is 0 Å². The van der Waals surface area contributed by atoms with Crippen molar-refractivity contribution in [3.8, 4) is 0 Å². The van der Waals surface area contributed by atoms with E-state index in [1.54, 1.807) is 0 Å². The molecule has 0 aromatic heterocycles. The third-order valence-electron chi connectivity index (χ3n) is 1.13. The Labute approximate surface area is 71.6 Å². The molecule has 1 aliphatic rings. The van der Waals surface area contributed by atoms with Gasteiger partial charge in [0.15, 0.2) is 0 Å². The topological polar surface area (TPSA) is 0 Å². The second kappa shape index (κ2) is 3.37. The lowest BCUT2D eigenvalue weighted by Crippen LogP contribution is -1.79. The van der Waals surface area contributed by atoms with Crippen LogP contribution in [0.1, 0.15) is 6.42 Å². The van der Waals surface area contributed by atoms with E-state index in [0.29, 0.717) is 0 Å². The smallest absolute Gasteiger partial charge is 0.0639 e. The molecule has 0 spiro atoms. The van der Waals surface area contributed by atoms with Crippen molar-refractivity contribution in [2.45, 2.75) is 6.42 Å². The van der Waals surface area contributed by atoms with Crippen molar-refractivity contribution in [1.82, 2.24) is 0 Å². The van der Waals surface area contributed by atoms with E-state index in [2.05, 4.69) is 44.0 Å². The van der Waals surface area contributed by atoms with Crippen LogP contribution in [0.15, 0.2) is 33.3 Å². The zero-order valence-electron chi connectivity index (χ0n) is 4.77. The molecule has 0 aliphatic heterocycles. The Morgan fingerprint density at radius 1 is 1.33 bits per heavy atom. The van der Waals surface area contributed by atoms with Crippen molar-refractivity contribution >= 4 is 31.9 Å². The van der Waals surface area contributed by atoms with Gasteiger partial charge >= 0.3 is 0 Å². The lowest BCUT2D eigenvalue weighted by Gasteiger charge is -2.00. The molecule has 0 radical (unpaired) electrons. The Hall–Kier alpha value is 0.180. The molecule has 1 aliphatic carbocycles. The Bertz CT molecular complexity index is 183. The summed E-state index contributed by atoms with van der Waals surface area (Å²) in [5, 5.41) is 0. The number of allylic oxidation sites excluding steroid dienone is 5. The number of hydrogen-bond acceptors (Lipinski definition) is 0. The van der Waals surface area contributed by atoms with E-state index in [-0.39, 0.29) is 0 Å². The fourth-order valence-corrected chi connectivity index (χ4v) is 1.24. The van der Waals surface area contributed by atoms with Gasteiger partial charge in [-0.15, -0.1) is 0 Å². The van der Waals surface area contributed by atoms with Crippen LogP contribution in [0.25, 0.3) is 0 Å². The molecule has 0 unspecified atom stereocenters. The van der Waals surface area contributed by atoms with Gasteiger partial charge in [-0.05, 0) is 43.9 Å². The minimum absolute atomic E-state index is 1.02.